The Balaban J connectivity index is 2.32. The second-order valence-corrected chi connectivity index (χ2v) is 7.75. The van der Waals surface area contributed by atoms with Gasteiger partial charge >= 0.3 is 5.97 Å². The summed E-state index contributed by atoms with van der Waals surface area (Å²) < 4.78 is 32.6. The normalized spacial score (nSPS) is 22.4. The highest BCUT2D eigenvalue weighted by atomic mass is 32.2. The number of esters is 1. The van der Waals surface area contributed by atoms with E-state index in [1.807, 2.05) is 0 Å². The van der Waals surface area contributed by atoms with Crippen LogP contribution in [0.3, 0.4) is 0 Å². The fourth-order valence-corrected chi connectivity index (χ4v) is 5.78. The van der Waals surface area contributed by atoms with Crippen molar-refractivity contribution in [1.82, 2.24) is 4.72 Å². The third-order valence-electron chi connectivity index (χ3n) is 3.83. The number of hydrogen-bond donors (Lipinski definition) is 2. The van der Waals surface area contributed by atoms with Crippen LogP contribution in [0.1, 0.15) is 34.5 Å². The number of methoxy groups -OCH3 is 1. The van der Waals surface area contributed by atoms with Crippen molar-refractivity contribution in [3.05, 3.63) is 15.8 Å². The van der Waals surface area contributed by atoms with Crippen molar-refractivity contribution >= 4 is 27.3 Å². The van der Waals surface area contributed by atoms with Crippen molar-refractivity contribution in [2.45, 2.75) is 37.1 Å². The molecule has 1 aliphatic rings. The molecule has 0 amide bonds. The molecule has 0 spiro atoms. The second kappa shape index (κ2) is 6.43. The van der Waals surface area contributed by atoms with E-state index in [0.29, 0.717) is 12.1 Å². The number of aryl methyl sites for hydroxylation is 1. The van der Waals surface area contributed by atoms with Crippen molar-refractivity contribution in [2.75, 3.05) is 13.7 Å². The lowest BCUT2D eigenvalue weighted by Gasteiger charge is -2.19. The number of thiophene rings is 1. The van der Waals surface area contributed by atoms with Crippen LogP contribution in [-0.4, -0.2) is 34.1 Å². The first kappa shape index (κ1) is 16.4. The topological polar surface area (TPSA) is 98.5 Å². The van der Waals surface area contributed by atoms with E-state index in [2.05, 4.69) is 9.46 Å². The summed E-state index contributed by atoms with van der Waals surface area (Å²) in [6.07, 6.45) is 2.66. The van der Waals surface area contributed by atoms with Crippen LogP contribution in [0, 0.1) is 12.8 Å². The highest BCUT2D eigenvalue weighted by Crippen LogP contribution is 2.30. The molecule has 3 N–H and O–H groups in total. The number of hydrogen-bond acceptors (Lipinski definition) is 6. The smallest absolute Gasteiger partial charge is 0.349 e. The average molecular weight is 332 g/mol. The minimum Gasteiger partial charge on any atom is -0.465 e. The Bertz CT molecular complexity index is 624. The molecule has 118 valence electrons. The number of sulfonamides is 1. The van der Waals surface area contributed by atoms with Crippen LogP contribution in [-0.2, 0) is 14.8 Å². The summed E-state index contributed by atoms with van der Waals surface area (Å²) in [7, 11) is -2.52. The van der Waals surface area contributed by atoms with E-state index in [4.69, 9.17) is 5.73 Å². The van der Waals surface area contributed by atoms with Crippen LogP contribution >= 0.6 is 11.3 Å². The standard InChI is InChI=1S/C13H20N2O4S2/c1-8-7-20-11(13(16)19-2)12(8)21(17,18)15-10-5-3-4-9(10)6-14/h7,9-10,15H,3-6,14H2,1-2H3. The van der Waals surface area contributed by atoms with Crippen LogP contribution in [0.4, 0.5) is 0 Å². The summed E-state index contributed by atoms with van der Waals surface area (Å²) in [4.78, 5) is 11.9. The van der Waals surface area contributed by atoms with E-state index in [0.717, 1.165) is 30.6 Å². The molecule has 6 nitrogen and oxygen atoms in total. The van der Waals surface area contributed by atoms with Crippen LogP contribution in [0.2, 0.25) is 0 Å². The van der Waals surface area contributed by atoms with Gasteiger partial charge in [-0.2, -0.15) is 0 Å². The van der Waals surface area contributed by atoms with Gasteiger partial charge in [-0.05, 0) is 43.2 Å². The number of nitrogens with two attached hydrogens (primary N) is 1. The van der Waals surface area contributed by atoms with Gasteiger partial charge in [0, 0.05) is 6.04 Å². The van der Waals surface area contributed by atoms with Gasteiger partial charge in [0.25, 0.3) is 0 Å². The SMILES string of the molecule is COC(=O)c1scc(C)c1S(=O)(=O)NC1CCCC1CN. The largest absolute Gasteiger partial charge is 0.465 e. The Morgan fingerprint density at radius 3 is 2.86 bits per heavy atom. The van der Waals surface area contributed by atoms with Crippen LogP contribution < -0.4 is 10.5 Å². The molecule has 0 radical (unpaired) electrons. The molecule has 0 aliphatic heterocycles. The highest BCUT2D eigenvalue weighted by Gasteiger charge is 2.34. The van der Waals surface area contributed by atoms with Gasteiger partial charge in [0.2, 0.25) is 10.0 Å². The van der Waals surface area contributed by atoms with Gasteiger partial charge in [-0.25, -0.2) is 17.9 Å². The van der Waals surface area contributed by atoms with Crippen molar-refractivity contribution in [3.63, 3.8) is 0 Å². The maximum absolute atomic E-state index is 12.6. The molecule has 0 saturated heterocycles. The van der Waals surface area contributed by atoms with Crippen LogP contribution in [0.5, 0.6) is 0 Å². The molecule has 1 aromatic heterocycles. The molecular formula is C13H20N2O4S2. The Morgan fingerprint density at radius 2 is 2.24 bits per heavy atom. The van der Waals surface area contributed by atoms with E-state index in [9.17, 15) is 13.2 Å². The minimum atomic E-state index is -3.76. The van der Waals surface area contributed by atoms with E-state index in [1.165, 1.54) is 7.11 Å². The molecule has 8 heteroatoms. The van der Waals surface area contributed by atoms with Crippen molar-refractivity contribution in [2.24, 2.45) is 11.7 Å². The zero-order chi connectivity index (χ0) is 15.6. The summed E-state index contributed by atoms with van der Waals surface area (Å²) in [6, 6.07) is -0.162. The third kappa shape index (κ3) is 3.28. The Morgan fingerprint density at radius 1 is 1.52 bits per heavy atom. The summed E-state index contributed by atoms with van der Waals surface area (Å²) >= 11 is 1.08. The number of nitrogens with one attached hydrogen (secondary N) is 1. The number of rotatable bonds is 5. The lowest BCUT2D eigenvalue weighted by Crippen LogP contribution is -2.40. The molecule has 21 heavy (non-hydrogen) atoms. The molecule has 0 aromatic carbocycles. The van der Waals surface area contributed by atoms with E-state index in [1.54, 1.807) is 12.3 Å². The quantitative estimate of drug-likeness (QED) is 0.791. The first-order valence-corrected chi connectivity index (χ1v) is 9.15. The molecule has 1 saturated carbocycles. The molecule has 1 fully saturated rings. The number of ether oxygens (including phenoxy) is 1. The Labute approximate surface area is 128 Å². The summed E-state index contributed by atoms with van der Waals surface area (Å²) in [5.41, 5.74) is 6.24. The number of carbonyl (C=O) groups is 1. The summed E-state index contributed by atoms with van der Waals surface area (Å²) in [5, 5.41) is 1.65. The zero-order valence-electron chi connectivity index (χ0n) is 12.1. The molecule has 2 unspecified atom stereocenters. The Kier molecular flexibility index (Phi) is 5.03. The molecule has 1 aromatic rings. The van der Waals surface area contributed by atoms with E-state index < -0.39 is 16.0 Å². The maximum atomic E-state index is 12.6. The van der Waals surface area contributed by atoms with Gasteiger partial charge in [0.1, 0.15) is 9.77 Å². The third-order valence-corrected chi connectivity index (χ3v) is 6.71. The van der Waals surface area contributed by atoms with Gasteiger partial charge < -0.3 is 10.5 Å². The van der Waals surface area contributed by atoms with Gasteiger partial charge in [-0.1, -0.05) is 6.42 Å². The van der Waals surface area contributed by atoms with E-state index in [-0.39, 0.29) is 21.7 Å². The molecular weight excluding hydrogens is 312 g/mol. The first-order valence-electron chi connectivity index (χ1n) is 6.79. The van der Waals surface area contributed by atoms with Gasteiger partial charge in [-0.15, -0.1) is 11.3 Å². The second-order valence-electron chi connectivity index (χ2n) is 5.22. The highest BCUT2D eigenvalue weighted by molar-refractivity contribution is 7.89. The predicted molar refractivity (Wildman–Crippen MR) is 80.9 cm³/mol. The fraction of sp³-hybridized carbons (Fsp3) is 0.615. The lowest BCUT2D eigenvalue weighted by molar-refractivity contribution is 0.0602. The monoisotopic (exact) mass is 332 g/mol. The fourth-order valence-electron chi connectivity index (χ4n) is 2.73. The van der Waals surface area contributed by atoms with Crippen molar-refractivity contribution < 1.29 is 17.9 Å². The molecule has 1 aliphatic carbocycles. The minimum absolute atomic E-state index is 0.0296. The summed E-state index contributed by atoms with van der Waals surface area (Å²) in [6.45, 7) is 2.13. The summed E-state index contributed by atoms with van der Waals surface area (Å²) in [5.74, 6) is -0.476. The predicted octanol–water partition coefficient (Wildman–Crippen LogP) is 1.25. The van der Waals surface area contributed by atoms with E-state index >= 15 is 0 Å². The van der Waals surface area contributed by atoms with Crippen molar-refractivity contribution in [1.29, 1.82) is 0 Å². The van der Waals surface area contributed by atoms with Gasteiger partial charge in [0.05, 0.1) is 7.11 Å². The zero-order valence-corrected chi connectivity index (χ0v) is 13.7. The van der Waals surface area contributed by atoms with Crippen molar-refractivity contribution in [3.8, 4) is 0 Å². The molecule has 0 bridgehead atoms. The molecule has 2 rings (SSSR count). The molecule has 2 atom stereocenters. The van der Waals surface area contributed by atoms with Crippen LogP contribution in [0.15, 0.2) is 10.3 Å². The first-order chi connectivity index (χ1) is 9.90. The Hall–Kier alpha value is -0.960. The lowest BCUT2D eigenvalue weighted by atomic mass is 10.1. The van der Waals surface area contributed by atoms with Gasteiger partial charge in [-0.3, -0.25) is 0 Å². The maximum Gasteiger partial charge on any atom is 0.349 e. The molecule has 1 heterocycles. The van der Waals surface area contributed by atoms with Gasteiger partial charge in [0.15, 0.2) is 0 Å². The average Bonchev–Trinajstić information content (AvgIpc) is 3.03. The van der Waals surface area contributed by atoms with Crippen LogP contribution in [0.25, 0.3) is 0 Å². The number of carbonyl (C=O) groups excluding carboxylic acids is 1.